The zero-order chi connectivity index (χ0) is 11.3. The fraction of sp³-hybridized carbons (Fsp3) is 0.455. The van der Waals surface area contributed by atoms with E-state index in [0.29, 0.717) is 11.6 Å². The number of aryl methyl sites for hydroxylation is 1. The molecule has 0 saturated carbocycles. The highest BCUT2D eigenvalue weighted by Gasteiger charge is 2.08. The molecule has 1 rings (SSSR count). The van der Waals surface area contributed by atoms with Crippen LogP contribution in [0, 0.1) is 0 Å². The lowest BCUT2D eigenvalue weighted by Crippen LogP contribution is -2.04. The number of methoxy groups -OCH3 is 1. The van der Waals surface area contributed by atoms with Gasteiger partial charge in [-0.2, -0.15) is 0 Å². The zero-order valence-corrected chi connectivity index (χ0v) is 9.80. The molecule has 0 amide bonds. The molecule has 0 aliphatic rings. The molecule has 3 nitrogen and oxygen atoms in total. The van der Waals surface area contributed by atoms with E-state index in [2.05, 4.69) is 17.8 Å². The van der Waals surface area contributed by atoms with E-state index < -0.39 is 0 Å². The largest absolute Gasteiger partial charge is 0.495 e. The highest BCUT2D eigenvalue weighted by molar-refractivity contribution is 6.32. The summed E-state index contributed by atoms with van der Waals surface area (Å²) in [5.41, 5.74) is 2.22. The van der Waals surface area contributed by atoms with Crippen LogP contribution in [0.2, 0.25) is 5.02 Å². The summed E-state index contributed by atoms with van der Waals surface area (Å²) in [5, 5.41) is 0.642. The van der Waals surface area contributed by atoms with Crippen molar-refractivity contribution >= 4 is 11.6 Å². The lowest BCUT2D eigenvalue weighted by molar-refractivity contribution is 0.141. The summed E-state index contributed by atoms with van der Waals surface area (Å²) in [7, 11) is 1.63. The first-order valence-corrected chi connectivity index (χ1v) is 5.27. The minimum atomic E-state index is 0.492. The molecule has 0 spiro atoms. The Hall–Kier alpha value is -0.770. The first-order valence-electron chi connectivity index (χ1n) is 4.89. The van der Waals surface area contributed by atoms with E-state index in [4.69, 9.17) is 22.2 Å². The number of hydrogen-bond acceptors (Lipinski definition) is 3. The summed E-state index contributed by atoms with van der Waals surface area (Å²) < 4.78 is 5.24. The van der Waals surface area contributed by atoms with Crippen LogP contribution in [0.15, 0.2) is 12.1 Å². The van der Waals surface area contributed by atoms with Gasteiger partial charge in [-0.1, -0.05) is 24.6 Å². The van der Waals surface area contributed by atoms with Gasteiger partial charge in [0.05, 0.1) is 18.7 Å². The number of hydrogen-bond donors (Lipinski definition) is 1. The van der Waals surface area contributed by atoms with E-state index in [0.717, 1.165) is 29.7 Å². The van der Waals surface area contributed by atoms with Crippen molar-refractivity contribution in [2.75, 3.05) is 13.7 Å². The van der Waals surface area contributed by atoms with Crippen molar-refractivity contribution in [3.8, 4) is 5.75 Å². The molecule has 0 atom stereocenters. The van der Waals surface area contributed by atoms with Gasteiger partial charge in [0.1, 0.15) is 5.75 Å². The number of nitrogens with two attached hydrogens (primary N) is 1. The maximum absolute atomic E-state index is 6.10. The number of benzene rings is 1. The van der Waals surface area contributed by atoms with Gasteiger partial charge in [0.2, 0.25) is 0 Å². The Morgan fingerprint density at radius 2 is 2.13 bits per heavy atom. The van der Waals surface area contributed by atoms with E-state index in [1.165, 1.54) is 0 Å². The van der Waals surface area contributed by atoms with Gasteiger partial charge >= 0.3 is 0 Å². The highest BCUT2D eigenvalue weighted by atomic mass is 35.5. The van der Waals surface area contributed by atoms with E-state index >= 15 is 0 Å². The summed E-state index contributed by atoms with van der Waals surface area (Å²) in [5.74, 6) is 5.74. The van der Waals surface area contributed by atoms with Gasteiger partial charge in [0.15, 0.2) is 0 Å². The van der Waals surface area contributed by atoms with Crippen LogP contribution in [-0.2, 0) is 17.7 Å². The molecule has 0 heterocycles. The normalized spacial score (nSPS) is 10.4. The standard InChI is InChI=1S/C11H16ClNO2/c1-3-9-6-8(4-5-15-13)7-10(12)11(9)14-2/h6-7H,3-5,13H2,1-2H3. The molecule has 1 aromatic rings. The fourth-order valence-electron chi connectivity index (χ4n) is 1.53. The van der Waals surface area contributed by atoms with Gasteiger partial charge in [0, 0.05) is 0 Å². The Labute approximate surface area is 95.1 Å². The molecule has 84 valence electrons. The summed E-state index contributed by atoms with van der Waals surface area (Å²) in [6.45, 7) is 2.56. The van der Waals surface area contributed by atoms with Gasteiger partial charge in [-0.15, -0.1) is 0 Å². The van der Waals surface area contributed by atoms with Crippen molar-refractivity contribution < 1.29 is 9.57 Å². The molecule has 0 aliphatic carbocycles. The fourth-order valence-corrected chi connectivity index (χ4v) is 1.86. The number of ether oxygens (including phenoxy) is 1. The Morgan fingerprint density at radius 1 is 1.40 bits per heavy atom. The summed E-state index contributed by atoms with van der Waals surface area (Å²) in [6, 6.07) is 3.96. The van der Waals surface area contributed by atoms with Crippen molar-refractivity contribution in [2.45, 2.75) is 19.8 Å². The molecule has 1 aromatic carbocycles. The van der Waals surface area contributed by atoms with Crippen LogP contribution < -0.4 is 10.6 Å². The van der Waals surface area contributed by atoms with Crippen molar-refractivity contribution in [1.29, 1.82) is 0 Å². The monoisotopic (exact) mass is 229 g/mol. The third-order valence-electron chi connectivity index (χ3n) is 2.27. The lowest BCUT2D eigenvalue weighted by atomic mass is 10.1. The molecule has 0 aliphatic heterocycles. The van der Waals surface area contributed by atoms with E-state index in [9.17, 15) is 0 Å². The van der Waals surface area contributed by atoms with Gasteiger partial charge < -0.3 is 9.57 Å². The summed E-state index contributed by atoms with van der Waals surface area (Å²) in [4.78, 5) is 4.54. The maximum atomic E-state index is 6.10. The molecule has 15 heavy (non-hydrogen) atoms. The number of rotatable bonds is 5. The van der Waals surface area contributed by atoms with E-state index in [-0.39, 0.29) is 0 Å². The maximum Gasteiger partial charge on any atom is 0.140 e. The molecule has 0 fully saturated rings. The van der Waals surface area contributed by atoms with Crippen molar-refractivity contribution in [1.82, 2.24) is 0 Å². The second-order valence-electron chi connectivity index (χ2n) is 3.24. The van der Waals surface area contributed by atoms with Crippen LogP contribution in [0.3, 0.4) is 0 Å². The average Bonchev–Trinajstić information content (AvgIpc) is 2.25. The molecule has 2 N–H and O–H groups in total. The Balaban J connectivity index is 2.97. The van der Waals surface area contributed by atoms with Crippen molar-refractivity contribution in [2.24, 2.45) is 5.90 Å². The Morgan fingerprint density at radius 3 is 2.67 bits per heavy atom. The van der Waals surface area contributed by atoms with Crippen molar-refractivity contribution in [3.63, 3.8) is 0 Å². The quantitative estimate of drug-likeness (QED) is 0.789. The first-order chi connectivity index (χ1) is 7.22. The van der Waals surface area contributed by atoms with Crippen LogP contribution in [0.5, 0.6) is 5.75 Å². The molecule has 0 aromatic heterocycles. The Kier molecular flexibility index (Phi) is 4.88. The Bertz CT molecular complexity index is 329. The second kappa shape index (κ2) is 5.95. The molecule has 0 radical (unpaired) electrons. The molecule has 0 saturated heterocycles. The van der Waals surface area contributed by atoms with Gasteiger partial charge in [-0.25, -0.2) is 5.90 Å². The van der Waals surface area contributed by atoms with Crippen LogP contribution in [-0.4, -0.2) is 13.7 Å². The van der Waals surface area contributed by atoms with Gasteiger partial charge in [-0.05, 0) is 30.0 Å². The average molecular weight is 230 g/mol. The predicted molar refractivity (Wildman–Crippen MR) is 61.2 cm³/mol. The van der Waals surface area contributed by atoms with Crippen LogP contribution >= 0.6 is 11.6 Å². The number of halogens is 1. The molecular weight excluding hydrogens is 214 g/mol. The second-order valence-corrected chi connectivity index (χ2v) is 3.65. The van der Waals surface area contributed by atoms with Gasteiger partial charge in [0.25, 0.3) is 0 Å². The summed E-state index contributed by atoms with van der Waals surface area (Å²) in [6.07, 6.45) is 1.65. The van der Waals surface area contributed by atoms with Gasteiger partial charge in [-0.3, -0.25) is 0 Å². The third-order valence-corrected chi connectivity index (χ3v) is 2.55. The van der Waals surface area contributed by atoms with Crippen molar-refractivity contribution in [3.05, 3.63) is 28.3 Å². The minimum Gasteiger partial charge on any atom is -0.495 e. The van der Waals surface area contributed by atoms with Crippen LogP contribution in [0.4, 0.5) is 0 Å². The van der Waals surface area contributed by atoms with Crippen LogP contribution in [0.25, 0.3) is 0 Å². The minimum absolute atomic E-state index is 0.492. The zero-order valence-electron chi connectivity index (χ0n) is 9.05. The van der Waals surface area contributed by atoms with Crippen LogP contribution in [0.1, 0.15) is 18.1 Å². The SMILES string of the molecule is CCc1cc(CCON)cc(Cl)c1OC. The topological polar surface area (TPSA) is 44.5 Å². The predicted octanol–water partition coefficient (Wildman–Crippen LogP) is 2.34. The molecular formula is C11H16ClNO2. The molecule has 0 unspecified atom stereocenters. The van der Waals surface area contributed by atoms with E-state index in [1.54, 1.807) is 7.11 Å². The summed E-state index contributed by atoms with van der Waals surface area (Å²) >= 11 is 6.10. The van der Waals surface area contributed by atoms with E-state index in [1.807, 2.05) is 6.07 Å². The lowest BCUT2D eigenvalue weighted by Gasteiger charge is -2.11. The highest BCUT2D eigenvalue weighted by Crippen LogP contribution is 2.30. The smallest absolute Gasteiger partial charge is 0.140 e. The molecule has 4 heteroatoms. The third kappa shape index (κ3) is 3.09. The first kappa shape index (κ1) is 12.3. The molecule has 0 bridgehead atoms.